The average molecular weight is 313 g/mol. The van der Waals surface area contributed by atoms with Gasteiger partial charge in [0.2, 0.25) is 10.0 Å². The van der Waals surface area contributed by atoms with Crippen LogP contribution in [0.2, 0.25) is 0 Å². The first-order valence-corrected chi connectivity index (χ1v) is 8.91. The predicted octanol–water partition coefficient (Wildman–Crippen LogP) is 2.05. The van der Waals surface area contributed by atoms with Gasteiger partial charge < -0.3 is 9.84 Å². The fourth-order valence-electron chi connectivity index (χ4n) is 2.09. The topological polar surface area (TPSA) is 75.6 Å². The van der Waals surface area contributed by atoms with Gasteiger partial charge in [-0.05, 0) is 37.0 Å². The van der Waals surface area contributed by atoms with Crippen molar-refractivity contribution in [3.8, 4) is 5.75 Å². The fraction of sp³-hybridized carbons (Fsp3) is 0.600. The molecule has 1 saturated carbocycles. The summed E-state index contributed by atoms with van der Waals surface area (Å²) in [6.45, 7) is 2.75. The minimum Gasteiger partial charge on any atom is -0.493 e. The number of nitrogens with one attached hydrogen (secondary N) is 1. The van der Waals surface area contributed by atoms with Crippen molar-refractivity contribution >= 4 is 10.0 Å². The number of benzene rings is 1. The zero-order chi connectivity index (χ0) is 15.3. The van der Waals surface area contributed by atoms with Gasteiger partial charge >= 0.3 is 0 Å². The third-order valence-corrected chi connectivity index (χ3v) is 4.97. The van der Waals surface area contributed by atoms with E-state index in [1.807, 2.05) is 6.92 Å². The molecular weight excluding hydrogens is 290 g/mol. The Kier molecular flexibility index (Phi) is 5.61. The SMILES string of the molecule is CCCOc1ccc(S(=O)(=O)NCCC2CC2)cc1CO. The summed E-state index contributed by atoms with van der Waals surface area (Å²) >= 11 is 0. The molecule has 21 heavy (non-hydrogen) atoms. The van der Waals surface area contributed by atoms with Crippen molar-refractivity contribution in [3.63, 3.8) is 0 Å². The molecule has 6 heteroatoms. The summed E-state index contributed by atoms with van der Waals surface area (Å²) in [5.41, 5.74) is 0.494. The number of rotatable bonds is 9. The van der Waals surface area contributed by atoms with E-state index < -0.39 is 10.0 Å². The number of hydrogen-bond donors (Lipinski definition) is 2. The molecule has 1 aliphatic rings. The first kappa shape index (κ1) is 16.3. The third-order valence-electron chi connectivity index (χ3n) is 3.52. The van der Waals surface area contributed by atoms with Crippen LogP contribution in [0, 0.1) is 5.92 Å². The van der Waals surface area contributed by atoms with Crippen molar-refractivity contribution in [2.24, 2.45) is 5.92 Å². The van der Waals surface area contributed by atoms with Crippen LogP contribution in [0.3, 0.4) is 0 Å². The predicted molar refractivity (Wildman–Crippen MR) is 80.7 cm³/mol. The zero-order valence-corrected chi connectivity index (χ0v) is 13.2. The lowest BCUT2D eigenvalue weighted by molar-refractivity contribution is 0.262. The van der Waals surface area contributed by atoms with E-state index in [0.29, 0.717) is 30.4 Å². The van der Waals surface area contributed by atoms with E-state index in [0.717, 1.165) is 12.8 Å². The molecule has 2 N–H and O–H groups in total. The van der Waals surface area contributed by atoms with Crippen LogP contribution in [0.4, 0.5) is 0 Å². The smallest absolute Gasteiger partial charge is 0.240 e. The summed E-state index contributed by atoms with van der Waals surface area (Å²) in [6.07, 6.45) is 4.16. The Morgan fingerprint density at radius 1 is 1.38 bits per heavy atom. The van der Waals surface area contributed by atoms with Crippen LogP contribution < -0.4 is 9.46 Å². The Balaban J connectivity index is 2.06. The molecule has 0 unspecified atom stereocenters. The molecule has 0 aromatic heterocycles. The van der Waals surface area contributed by atoms with Gasteiger partial charge in [0.15, 0.2) is 0 Å². The van der Waals surface area contributed by atoms with Crippen LogP contribution in [0.1, 0.15) is 38.2 Å². The first-order chi connectivity index (χ1) is 10.1. The second kappa shape index (κ2) is 7.24. The summed E-state index contributed by atoms with van der Waals surface area (Å²) in [7, 11) is -3.51. The van der Waals surface area contributed by atoms with Gasteiger partial charge in [0.1, 0.15) is 5.75 Å². The standard InChI is InChI=1S/C15H23NO4S/c1-2-9-20-15-6-5-14(10-13(15)11-17)21(18,19)16-8-7-12-3-4-12/h5-6,10,12,16-17H,2-4,7-9,11H2,1H3. The van der Waals surface area contributed by atoms with E-state index in [2.05, 4.69) is 4.72 Å². The maximum absolute atomic E-state index is 12.2. The maximum Gasteiger partial charge on any atom is 0.240 e. The Hall–Kier alpha value is -1.11. The lowest BCUT2D eigenvalue weighted by Crippen LogP contribution is -2.25. The van der Waals surface area contributed by atoms with E-state index in [1.54, 1.807) is 6.07 Å². The molecule has 1 fully saturated rings. The van der Waals surface area contributed by atoms with Crippen molar-refractivity contribution < 1.29 is 18.3 Å². The van der Waals surface area contributed by atoms with Crippen LogP contribution in [0.5, 0.6) is 5.75 Å². The van der Waals surface area contributed by atoms with Crippen molar-refractivity contribution in [1.29, 1.82) is 0 Å². The molecule has 1 aromatic carbocycles. The minimum absolute atomic E-state index is 0.172. The van der Waals surface area contributed by atoms with E-state index in [9.17, 15) is 13.5 Å². The van der Waals surface area contributed by atoms with E-state index in [-0.39, 0.29) is 11.5 Å². The first-order valence-electron chi connectivity index (χ1n) is 7.43. The van der Waals surface area contributed by atoms with Gasteiger partial charge in [0.05, 0.1) is 18.1 Å². The molecule has 1 aliphatic carbocycles. The number of ether oxygens (including phenoxy) is 1. The average Bonchev–Trinajstić information content (AvgIpc) is 3.28. The highest BCUT2D eigenvalue weighted by molar-refractivity contribution is 7.89. The third kappa shape index (κ3) is 4.69. The molecule has 0 saturated heterocycles. The Labute approximate surface area is 126 Å². The molecule has 0 spiro atoms. The van der Waals surface area contributed by atoms with Gasteiger partial charge in [-0.25, -0.2) is 13.1 Å². The molecule has 0 heterocycles. The Morgan fingerprint density at radius 2 is 2.14 bits per heavy atom. The molecule has 0 radical (unpaired) electrons. The van der Waals surface area contributed by atoms with E-state index in [1.165, 1.54) is 25.0 Å². The minimum atomic E-state index is -3.51. The lowest BCUT2D eigenvalue weighted by Gasteiger charge is -2.12. The second-order valence-electron chi connectivity index (χ2n) is 5.41. The molecule has 1 aromatic rings. The van der Waals surface area contributed by atoms with Crippen molar-refractivity contribution in [3.05, 3.63) is 23.8 Å². The van der Waals surface area contributed by atoms with Gasteiger partial charge in [-0.1, -0.05) is 19.8 Å². The number of aliphatic hydroxyl groups excluding tert-OH is 1. The number of aliphatic hydroxyl groups is 1. The Bertz CT molecular complexity index is 567. The molecule has 0 bridgehead atoms. The molecule has 0 amide bonds. The van der Waals surface area contributed by atoms with Gasteiger partial charge in [0, 0.05) is 12.1 Å². The van der Waals surface area contributed by atoms with Gasteiger partial charge in [-0.15, -0.1) is 0 Å². The summed E-state index contributed by atoms with van der Waals surface area (Å²) in [4.78, 5) is 0.172. The summed E-state index contributed by atoms with van der Waals surface area (Å²) < 4.78 is 32.5. The highest BCUT2D eigenvalue weighted by Crippen LogP contribution is 2.32. The highest BCUT2D eigenvalue weighted by Gasteiger charge is 2.22. The van der Waals surface area contributed by atoms with Crippen LogP contribution in [-0.4, -0.2) is 26.7 Å². The molecule has 5 nitrogen and oxygen atoms in total. The van der Waals surface area contributed by atoms with Crippen LogP contribution >= 0.6 is 0 Å². The number of hydrogen-bond acceptors (Lipinski definition) is 4. The molecule has 2 rings (SSSR count). The van der Waals surface area contributed by atoms with Crippen LogP contribution in [0.25, 0.3) is 0 Å². The molecular formula is C15H23NO4S. The molecule has 118 valence electrons. The van der Waals surface area contributed by atoms with Gasteiger partial charge in [-0.3, -0.25) is 0 Å². The van der Waals surface area contributed by atoms with Crippen LogP contribution in [0.15, 0.2) is 23.1 Å². The quantitative estimate of drug-likeness (QED) is 0.731. The Morgan fingerprint density at radius 3 is 2.76 bits per heavy atom. The van der Waals surface area contributed by atoms with E-state index >= 15 is 0 Å². The highest BCUT2D eigenvalue weighted by atomic mass is 32.2. The fourth-order valence-corrected chi connectivity index (χ4v) is 3.18. The van der Waals surface area contributed by atoms with Crippen LogP contribution in [-0.2, 0) is 16.6 Å². The summed E-state index contributed by atoms with van der Waals surface area (Å²) in [5, 5.41) is 9.37. The zero-order valence-electron chi connectivity index (χ0n) is 12.3. The molecule has 0 aliphatic heterocycles. The number of sulfonamides is 1. The maximum atomic E-state index is 12.2. The normalized spacial score (nSPS) is 15.1. The van der Waals surface area contributed by atoms with Gasteiger partial charge in [-0.2, -0.15) is 0 Å². The van der Waals surface area contributed by atoms with Crippen molar-refractivity contribution in [2.75, 3.05) is 13.2 Å². The van der Waals surface area contributed by atoms with Crippen molar-refractivity contribution in [1.82, 2.24) is 4.72 Å². The van der Waals surface area contributed by atoms with Gasteiger partial charge in [0.25, 0.3) is 0 Å². The second-order valence-corrected chi connectivity index (χ2v) is 7.17. The summed E-state index contributed by atoms with van der Waals surface area (Å²) in [6, 6.07) is 4.60. The largest absolute Gasteiger partial charge is 0.493 e. The molecule has 0 atom stereocenters. The lowest BCUT2D eigenvalue weighted by atomic mass is 10.2. The summed E-state index contributed by atoms with van der Waals surface area (Å²) in [5.74, 6) is 1.22. The van der Waals surface area contributed by atoms with E-state index in [4.69, 9.17) is 4.74 Å². The van der Waals surface area contributed by atoms with Crippen molar-refractivity contribution in [2.45, 2.75) is 44.1 Å². The monoisotopic (exact) mass is 313 g/mol.